The molecular weight excluding hydrogens is 609 g/mol. The van der Waals surface area contributed by atoms with Crippen molar-refractivity contribution in [2.24, 2.45) is 0 Å². The Labute approximate surface area is 221 Å². The van der Waals surface area contributed by atoms with E-state index in [1.165, 1.54) is 0 Å². The molecule has 34 heavy (non-hydrogen) atoms. The number of benzene rings is 3. The molecule has 1 atom stereocenters. The summed E-state index contributed by atoms with van der Waals surface area (Å²) in [6.45, 7) is -0.156. The van der Waals surface area contributed by atoms with E-state index in [1.54, 1.807) is 12.4 Å². The van der Waals surface area contributed by atoms with Crippen LogP contribution in [0.1, 0.15) is 4.11 Å². The molecule has 5 rings (SSSR count). The van der Waals surface area contributed by atoms with Crippen molar-refractivity contribution in [2.75, 3.05) is 0 Å². The van der Waals surface area contributed by atoms with Crippen molar-refractivity contribution < 1.29 is 24.2 Å². The minimum atomic E-state index is -2.90. The Morgan fingerprint density at radius 1 is 0.647 bits per heavy atom. The zero-order chi connectivity index (χ0) is 25.4. The Kier molecular flexibility index (Phi) is 7.75. The predicted molar refractivity (Wildman–Crippen MR) is 140 cm³/mol. The summed E-state index contributed by atoms with van der Waals surface area (Å²) < 4.78 is 24.4. The van der Waals surface area contributed by atoms with E-state index in [2.05, 4.69) is 22.1 Å². The van der Waals surface area contributed by atoms with Crippen LogP contribution in [0.5, 0.6) is 0 Å². The third-order valence-corrected chi connectivity index (χ3v) is 8.27. The van der Waals surface area contributed by atoms with E-state index in [-0.39, 0.29) is 20.1 Å². The van der Waals surface area contributed by atoms with E-state index >= 15 is 0 Å². The van der Waals surface area contributed by atoms with Gasteiger partial charge in [-0.3, -0.25) is 0 Å². The summed E-state index contributed by atoms with van der Waals surface area (Å²) in [5.41, 5.74) is 3.71. The van der Waals surface area contributed by atoms with Gasteiger partial charge >= 0.3 is 0 Å². The summed E-state index contributed by atoms with van der Waals surface area (Å²) in [7, 11) is -2.90. The largest absolute Gasteiger partial charge is 0.305 e. The first-order chi connectivity index (χ1) is 17.4. The minimum absolute atomic E-state index is 0. The fraction of sp³-hybridized carbons (Fsp3) is 0.0667. The molecule has 0 bridgehead atoms. The molecule has 0 spiro atoms. The Balaban J connectivity index is 0.000000246. The first-order valence-electron chi connectivity index (χ1n) is 12.3. The first-order valence-corrected chi connectivity index (χ1v) is 13.3. The maximum atomic E-state index is 8.14. The van der Waals surface area contributed by atoms with Gasteiger partial charge in [-0.25, -0.2) is 0 Å². The number of hydrogen-bond donors (Lipinski definition) is 0. The van der Waals surface area contributed by atoms with Crippen LogP contribution in [-0.4, -0.2) is 18.0 Å². The number of pyridine rings is 2. The fourth-order valence-corrected chi connectivity index (χ4v) is 5.35. The number of aromatic nitrogens is 2. The molecule has 2 aromatic heterocycles. The van der Waals surface area contributed by atoms with Crippen molar-refractivity contribution in [1.82, 2.24) is 9.97 Å². The van der Waals surface area contributed by atoms with E-state index in [9.17, 15) is 0 Å². The van der Waals surface area contributed by atoms with Crippen molar-refractivity contribution in [3.8, 4) is 22.5 Å². The van der Waals surface area contributed by atoms with Gasteiger partial charge in [0, 0.05) is 36.6 Å². The van der Waals surface area contributed by atoms with E-state index in [0.29, 0.717) is 0 Å². The molecule has 2 nitrogen and oxygen atoms in total. The molecule has 3 aromatic carbocycles. The normalized spacial score (nSPS) is 13.5. The van der Waals surface area contributed by atoms with Gasteiger partial charge in [0.2, 0.25) is 0 Å². The smallest absolute Gasteiger partial charge is 0.114 e. The van der Waals surface area contributed by atoms with E-state index in [0.717, 1.165) is 32.9 Å². The maximum absolute atomic E-state index is 8.14. The SMILES string of the molecule is [2H]C([2H])([2H])[Si](C)(c1ccccc1)c1ccc(-c2[c-]cccc2)nc1.[Ir].[c-]1ccccc1-c1ccccn1. The summed E-state index contributed by atoms with van der Waals surface area (Å²) in [6, 6.07) is 40.9. The van der Waals surface area contributed by atoms with Crippen LogP contribution in [-0.2, 0) is 20.1 Å². The van der Waals surface area contributed by atoms with Crippen LogP contribution in [0, 0.1) is 12.1 Å². The predicted octanol–water partition coefficient (Wildman–Crippen LogP) is 5.92. The molecule has 0 amide bonds. The van der Waals surface area contributed by atoms with Crippen molar-refractivity contribution in [3.63, 3.8) is 0 Å². The topological polar surface area (TPSA) is 25.8 Å². The van der Waals surface area contributed by atoms with Crippen LogP contribution >= 0.6 is 0 Å². The van der Waals surface area contributed by atoms with Gasteiger partial charge < -0.3 is 9.97 Å². The Hall–Kier alpha value is -3.17. The monoisotopic (exact) mass is 638 g/mol. The number of nitrogens with zero attached hydrogens (tertiary/aromatic N) is 2. The zero-order valence-electron chi connectivity index (χ0n) is 21.8. The van der Waals surface area contributed by atoms with Crippen LogP contribution in [0.4, 0.5) is 0 Å². The molecule has 0 aliphatic heterocycles. The van der Waals surface area contributed by atoms with Gasteiger partial charge in [-0.1, -0.05) is 72.8 Å². The summed E-state index contributed by atoms with van der Waals surface area (Å²) in [4.78, 5) is 8.73. The van der Waals surface area contributed by atoms with Gasteiger partial charge in [-0.2, -0.15) is 0 Å². The van der Waals surface area contributed by atoms with Gasteiger partial charge in [-0.05, 0) is 22.6 Å². The molecule has 4 heteroatoms. The van der Waals surface area contributed by atoms with Crippen molar-refractivity contribution in [1.29, 1.82) is 0 Å². The average molecular weight is 638 g/mol. The summed E-state index contributed by atoms with van der Waals surface area (Å²) in [6.07, 6.45) is 3.51. The molecule has 171 valence electrons. The van der Waals surface area contributed by atoms with Crippen molar-refractivity contribution in [2.45, 2.75) is 13.0 Å². The molecule has 0 aliphatic rings. The molecule has 1 unspecified atom stereocenters. The van der Waals surface area contributed by atoms with Crippen molar-refractivity contribution in [3.05, 3.63) is 134 Å². The second-order valence-electron chi connectivity index (χ2n) is 7.69. The van der Waals surface area contributed by atoms with Gasteiger partial charge in [0.15, 0.2) is 0 Å². The van der Waals surface area contributed by atoms with Crippen LogP contribution in [0.25, 0.3) is 22.5 Å². The molecule has 0 N–H and O–H groups in total. The standard InChI is InChI=1S/C19H18NSi.C11H8N.Ir/c1-21(2,17-11-7-4-8-12-17)18-13-14-19(20-15-18)16-9-5-3-6-10-16;1-2-6-10(7-3-1)11-8-4-5-9-12-11;/h3-9,11-15H,1-2H3;1-6,8-9H;/q2*-1;/i1D3;;. The quantitative estimate of drug-likeness (QED) is 0.181. The van der Waals surface area contributed by atoms with Gasteiger partial charge in [0.05, 0.1) is 0 Å². The molecule has 2 heterocycles. The molecule has 0 aliphatic carbocycles. The third kappa shape index (κ3) is 6.45. The van der Waals surface area contributed by atoms with Gasteiger partial charge in [0.1, 0.15) is 8.07 Å². The van der Waals surface area contributed by atoms with E-state index in [4.69, 9.17) is 4.11 Å². The zero-order valence-corrected chi connectivity index (χ0v) is 22.2. The maximum Gasteiger partial charge on any atom is 0.114 e. The second kappa shape index (κ2) is 12.3. The Morgan fingerprint density at radius 3 is 1.76 bits per heavy atom. The van der Waals surface area contributed by atoms with E-state index in [1.807, 2.05) is 116 Å². The van der Waals surface area contributed by atoms with Crippen LogP contribution in [0.2, 0.25) is 13.0 Å². The van der Waals surface area contributed by atoms with E-state index < -0.39 is 14.5 Å². The number of hydrogen-bond acceptors (Lipinski definition) is 2. The van der Waals surface area contributed by atoms with Crippen LogP contribution in [0.15, 0.2) is 122 Å². The second-order valence-corrected chi connectivity index (χ2v) is 11.1. The van der Waals surface area contributed by atoms with Gasteiger partial charge in [-0.15, -0.1) is 71.8 Å². The van der Waals surface area contributed by atoms with Crippen LogP contribution in [0.3, 0.4) is 0 Å². The third-order valence-electron chi connectivity index (χ3n) is 5.33. The van der Waals surface area contributed by atoms with Crippen LogP contribution < -0.4 is 10.4 Å². The minimum Gasteiger partial charge on any atom is -0.305 e. The molecule has 0 fully saturated rings. The fourth-order valence-electron chi connectivity index (χ4n) is 3.41. The summed E-state index contributed by atoms with van der Waals surface area (Å²) in [5.74, 6) is 0. The summed E-state index contributed by atoms with van der Waals surface area (Å²) >= 11 is 0. The summed E-state index contributed by atoms with van der Waals surface area (Å²) in [5, 5.41) is 1.71. The molecule has 0 saturated heterocycles. The number of rotatable bonds is 4. The van der Waals surface area contributed by atoms with Gasteiger partial charge in [0.25, 0.3) is 0 Å². The average Bonchev–Trinajstić information content (AvgIpc) is 2.94. The first kappa shape index (κ1) is 21.4. The Bertz CT molecular complexity index is 1320. The molecule has 1 radical (unpaired) electrons. The Morgan fingerprint density at radius 2 is 1.26 bits per heavy atom. The molecule has 0 saturated carbocycles. The van der Waals surface area contributed by atoms with Crippen molar-refractivity contribution >= 4 is 18.4 Å². The molecular formula is C30H26IrN2Si-2. The molecule has 5 aromatic rings.